The number of methoxy groups -OCH3 is 1. The van der Waals surface area contributed by atoms with Crippen LogP contribution in [0, 0.1) is 20.8 Å². The molecule has 0 fully saturated rings. The largest absolute Gasteiger partial charge is 0.494 e. The zero-order valence-electron chi connectivity index (χ0n) is 18.9. The van der Waals surface area contributed by atoms with Gasteiger partial charge in [-0.3, -0.25) is 4.79 Å². The predicted octanol–water partition coefficient (Wildman–Crippen LogP) is 5.54. The monoisotopic (exact) mass is 453 g/mol. The average molecular weight is 454 g/mol. The van der Waals surface area contributed by atoms with Crippen molar-refractivity contribution in [3.8, 4) is 22.6 Å². The van der Waals surface area contributed by atoms with Crippen LogP contribution in [0.4, 0.5) is 5.00 Å². The van der Waals surface area contributed by atoms with Gasteiger partial charge < -0.3 is 19.5 Å². The van der Waals surface area contributed by atoms with Gasteiger partial charge in [0.25, 0.3) is 5.91 Å². The first-order valence-corrected chi connectivity index (χ1v) is 11.1. The van der Waals surface area contributed by atoms with Crippen LogP contribution in [-0.4, -0.2) is 32.2 Å². The lowest BCUT2D eigenvalue weighted by molar-refractivity contribution is -0.118. The molecule has 1 heterocycles. The number of benzene rings is 2. The zero-order chi connectivity index (χ0) is 23.3. The van der Waals surface area contributed by atoms with Crippen molar-refractivity contribution in [1.82, 2.24) is 0 Å². The number of ether oxygens (including phenoxy) is 3. The molecule has 0 spiro atoms. The Hall–Kier alpha value is -3.32. The molecule has 0 aliphatic rings. The highest BCUT2D eigenvalue weighted by Gasteiger charge is 2.25. The van der Waals surface area contributed by atoms with Gasteiger partial charge in [0.05, 0.1) is 13.7 Å². The van der Waals surface area contributed by atoms with Crippen LogP contribution < -0.4 is 14.8 Å². The first-order valence-electron chi connectivity index (χ1n) is 10.3. The maximum absolute atomic E-state index is 12.6. The molecular formula is C25H27NO5S. The van der Waals surface area contributed by atoms with E-state index >= 15 is 0 Å². The van der Waals surface area contributed by atoms with E-state index < -0.39 is 5.97 Å². The Morgan fingerprint density at radius 3 is 2.22 bits per heavy atom. The molecule has 0 saturated carbocycles. The molecule has 6 nitrogen and oxygen atoms in total. The second-order valence-corrected chi connectivity index (χ2v) is 8.47. The molecule has 1 aromatic heterocycles. The predicted molar refractivity (Wildman–Crippen MR) is 127 cm³/mol. The van der Waals surface area contributed by atoms with Crippen LogP contribution in [0.2, 0.25) is 0 Å². The fraction of sp³-hybridized carbons (Fsp3) is 0.280. The quantitative estimate of drug-likeness (QED) is 0.453. The molecule has 2 aromatic carbocycles. The highest BCUT2D eigenvalue weighted by atomic mass is 32.1. The number of carbonyl (C=O) groups is 2. The second kappa shape index (κ2) is 10.3. The van der Waals surface area contributed by atoms with Crippen LogP contribution in [0.3, 0.4) is 0 Å². The smallest absolute Gasteiger partial charge is 0.341 e. The van der Waals surface area contributed by atoms with E-state index in [-0.39, 0.29) is 12.5 Å². The Kier molecular flexibility index (Phi) is 7.53. The minimum atomic E-state index is -0.510. The molecule has 3 aromatic rings. The summed E-state index contributed by atoms with van der Waals surface area (Å²) < 4.78 is 16.3. The van der Waals surface area contributed by atoms with E-state index in [0.717, 1.165) is 32.9 Å². The molecule has 168 valence electrons. The van der Waals surface area contributed by atoms with Gasteiger partial charge in [-0.15, -0.1) is 11.3 Å². The summed E-state index contributed by atoms with van der Waals surface area (Å²) >= 11 is 1.33. The summed E-state index contributed by atoms with van der Waals surface area (Å²) in [6.07, 6.45) is 0. The maximum Gasteiger partial charge on any atom is 0.341 e. The van der Waals surface area contributed by atoms with Gasteiger partial charge in [0.15, 0.2) is 6.61 Å². The van der Waals surface area contributed by atoms with Crippen molar-refractivity contribution in [3.05, 3.63) is 64.0 Å². The molecule has 0 unspecified atom stereocenters. The number of aryl methyl sites for hydroxylation is 3. The molecule has 0 radical (unpaired) electrons. The van der Waals surface area contributed by atoms with E-state index in [9.17, 15) is 9.59 Å². The third-order valence-corrected chi connectivity index (χ3v) is 5.96. The van der Waals surface area contributed by atoms with E-state index in [1.807, 2.05) is 70.2 Å². The van der Waals surface area contributed by atoms with Crippen LogP contribution in [-0.2, 0) is 9.53 Å². The van der Waals surface area contributed by atoms with Gasteiger partial charge in [0.1, 0.15) is 22.1 Å². The lowest BCUT2D eigenvalue weighted by Crippen LogP contribution is -2.21. The number of hydrogen-bond donors (Lipinski definition) is 1. The molecule has 0 atom stereocenters. The summed E-state index contributed by atoms with van der Waals surface area (Å²) in [7, 11) is 1.33. The zero-order valence-corrected chi connectivity index (χ0v) is 19.7. The number of carbonyl (C=O) groups excluding carboxylic acids is 2. The molecule has 0 aliphatic carbocycles. The Balaban J connectivity index is 1.85. The SMILES string of the molecule is CCOc1ccc(-c2c(C)sc(NC(=O)COc3c(C)cccc3C)c2C(=O)OC)cc1. The summed E-state index contributed by atoms with van der Waals surface area (Å²) in [5.41, 5.74) is 3.82. The maximum atomic E-state index is 12.6. The molecule has 0 bridgehead atoms. The van der Waals surface area contributed by atoms with Crippen LogP contribution in [0.5, 0.6) is 11.5 Å². The molecular weight excluding hydrogens is 426 g/mol. The van der Waals surface area contributed by atoms with Crippen molar-refractivity contribution in [2.75, 3.05) is 25.6 Å². The van der Waals surface area contributed by atoms with E-state index in [1.54, 1.807) is 0 Å². The van der Waals surface area contributed by atoms with Crippen molar-refractivity contribution >= 4 is 28.2 Å². The molecule has 32 heavy (non-hydrogen) atoms. The highest BCUT2D eigenvalue weighted by molar-refractivity contribution is 7.17. The lowest BCUT2D eigenvalue weighted by atomic mass is 10.0. The minimum Gasteiger partial charge on any atom is -0.494 e. The Morgan fingerprint density at radius 1 is 0.969 bits per heavy atom. The normalized spacial score (nSPS) is 10.5. The van der Waals surface area contributed by atoms with Gasteiger partial charge in [0.2, 0.25) is 0 Å². The highest BCUT2D eigenvalue weighted by Crippen LogP contribution is 2.40. The number of anilines is 1. The number of hydrogen-bond acceptors (Lipinski definition) is 6. The number of nitrogens with one attached hydrogen (secondary N) is 1. The van der Waals surface area contributed by atoms with Crippen molar-refractivity contribution in [2.45, 2.75) is 27.7 Å². The fourth-order valence-corrected chi connectivity index (χ4v) is 4.57. The van der Waals surface area contributed by atoms with Gasteiger partial charge >= 0.3 is 5.97 Å². The van der Waals surface area contributed by atoms with Crippen molar-refractivity contribution in [2.24, 2.45) is 0 Å². The lowest BCUT2D eigenvalue weighted by Gasteiger charge is -2.12. The third kappa shape index (κ3) is 5.11. The number of rotatable bonds is 8. The van der Waals surface area contributed by atoms with Gasteiger partial charge in [-0.05, 0) is 56.5 Å². The molecule has 0 saturated heterocycles. The van der Waals surface area contributed by atoms with Gasteiger partial charge in [-0.25, -0.2) is 4.79 Å². The summed E-state index contributed by atoms with van der Waals surface area (Å²) in [4.78, 5) is 26.2. The van der Waals surface area contributed by atoms with Crippen molar-refractivity contribution < 1.29 is 23.8 Å². The summed E-state index contributed by atoms with van der Waals surface area (Å²) in [6, 6.07) is 13.3. The summed E-state index contributed by atoms with van der Waals surface area (Å²) in [5, 5.41) is 3.26. The average Bonchev–Trinajstić information content (AvgIpc) is 3.09. The first-order chi connectivity index (χ1) is 15.3. The topological polar surface area (TPSA) is 73.9 Å². The van der Waals surface area contributed by atoms with Crippen LogP contribution in [0.25, 0.3) is 11.1 Å². The van der Waals surface area contributed by atoms with E-state index in [2.05, 4.69) is 5.32 Å². The van der Waals surface area contributed by atoms with Crippen LogP contribution in [0.15, 0.2) is 42.5 Å². The molecule has 3 rings (SSSR count). The van der Waals surface area contributed by atoms with Gasteiger partial charge in [0, 0.05) is 10.4 Å². The molecule has 1 N–H and O–H groups in total. The third-order valence-electron chi connectivity index (χ3n) is 4.94. The van der Waals surface area contributed by atoms with Crippen LogP contribution >= 0.6 is 11.3 Å². The summed E-state index contributed by atoms with van der Waals surface area (Å²) in [6.45, 7) is 8.10. The number of amides is 1. The summed E-state index contributed by atoms with van der Waals surface area (Å²) in [5.74, 6) is 0.579. The van der Waals surface area contributed by atoms with Gasteiger partial charge in [-0.1, -0.05) is 30.3 Å². The Morgan fingerprint density at radius 2 is 1.62 bits per heavy atom. The van der Waals surface area contributed by atoms with Crippen molar-refractivity contribution in [3.63, 3.8) is 0 Å². The standard InChI is InChI=1S/C25H27NO5S/c1-6-30-19-12-10-18(11-13-19)21-17(4)32-24(22(21)25(28)29-5)26-20(27)14-31-23-15(2)8-7-9-16(23)3/h7-13H,6,14H2,1-5H3,(H,26,27). The first kappa shape index (κ1) is 23.3. The van der Waals surface area contributed by atoms with Crippen LogP contribution in [0.1, 0.15) is 33.3 Å². The molecule has 7 heteroatoms. The Bertz CT molecular complexity index is 1100. The van der Waals surface area contributed by atoms with Crippen molar-refractivity contribution in [1.29, 1.82) is 0 Å². The second-order valence-electron chi connectivity index (χ2n) is 7.24. The van der Waals surface area contributed by atoms with Gasteiger partial charge in [-0.2, -0.15) is 0 Å². The van der Waals surface area contributed by atoms with E-state index in [1.165, 1.54) is 18.4 Å². The molecule has 1 amide bonds. The number of thiophene rings is 1. The number of para-hydroxylation sites is 1. The van der Waals surface area contributed by atoms with E-state index in [0.29, 0.717) is 22.9 Å². The number of esters is 1. The minimum absolute atomic E-state index is 0.165. The molecule has 0 aliphatic heterocycles. The van der Waals surface area contributed by atoms with E-state index in [4.69, 9.17) is 14.2 Å². The fourth-order valence-electron chi connectivity index (χ4n) is 3.49. The Labute approximate surface area is 192 Å².